The van der Waals surface area contributed by atoms with E-state index in [0.29, 0.717) is 6.54 Å². The van der Waals surface area contributed by atoms with E-state index in [1.807, 2.05) is 0 Å². The van der Waals surface area contributed by atoms with E-state index in [0.717, 1.165) is 32.8 Å². The molecule has 2 rings (SSSR count). The van der Waals surface area contributed by atoms with E-state index in [4.69, 9.17) is 4.74 Å². The van der Waals surface area contributed by atoms with Crippen LogP contribution in [0.25, 0.3) is 0 Å². The average Bonchev–Trinajstić information content (AvgIpc) is 2.48. The largest absolute Gasteiger partial charge is 0.390 e. The van der Waals surface area contributed by atoms with Crippen molar-refractivity contribution in [3.63, 3.8) is 0 Å². The van der Waals surface area contributed by atoms with Gasteiger partial charge in [0.1, 0.15) is 0 Å². The molecule has 0 amide bonds. The first-order chi connectivity index (χ1) is 10.1. The van der Waals surface area contributed by atoms with Crippen LogP contribution in [-0.2, 0) is 4.74 Å². The molecular weight excluding hydrogens is 264 g/mol. The zero-order chi connectivity index (χ0) is 15.2. The summed E-state index contributed by atoms with van der Waals surface area (Å²) >= 11 is 0. The van der Waals surface area contributed by atoms with Crippen LogP contribution in [0.2, 0.25) is 0 Å². The van der Waals surface area contributed by atoms with Gasteiger partial charge in [-0.25, -0.2) is 0 Å². The summed E-state index contributed by atoms with van der Waals surface area (Å²) in [6.45, 7) is 11.2. The lowest BCUT2D eigenvalue weighted by atomic mass is 9.98. The number of aliphatic hydroxyl groups is 1. The summed E-state index contributed by atoms with van der Waals surface area (Å²) in [7, 11) is 0. The standard InChI is InChI=1S/C17H28N2O2/c1-13-5-4-6-17(14(13)2)15(3)18-11-16(20)12-19-7-9-21-10-8-19/h4-6,15-16,18,20H,7-12H2,1-3H3. The molecule has 1 fully saturated rings. The molecule has 0 spiro atoms. The van der Waals surface area contributed by atoms with Gasteiger partial charge in [-0.15, -0.1) is 0 Å². The molecule has 1 aliphatic rings. The van der Waals surface area contributed by atoms with E-state index in [-0.39, 0.29) is 12.1 Å². The Bertz CT molecular complexity index is 444. The lowest BCUT2D eigenvalue weighted by molar-refractivity contribution is 0.0145. The van der Waals surface area contributed by atoms with E-state index >= 15 is 0 Å². The Labute approximate surface area is 128 Å². The van der Waals surface area contributed by atoms with Gasteiger partial charge in [-0.3, -0.25) is 4.90 Å². The fourth-order valence-electron chi connectivity index (χ4n) is 2.81. The van der Waals surface area contributed by atoms with Gasteiger partial charge >= 0.3 is 0 Å². The van der Waals surface area contributed by atoms with Crippen LogP contribution in [-0.4, -0.2) is 55.5 Å². The smallest absolute Gasteiger partial charge is 0.0791 e. The maximum absolute atomic E-state index is 10.2. The van der Waals surface area contributed by atoms with Gasteiger partial charge in [-0.1, -0.05) is 18.2 Å². The molecule has 4 nitrogen and oxygen atoms in total. The summed E-state index contributed by atoms with van der Waals surface area (Å²) < 4.78 is 5.32. The van der Waals surface area contributed by atoms with Crippen molar-refractivity contribution >= 4 is 0 Å². The number of aliphatic hydroxyl groups excluding tert-OH is 1. The molecule has 118 valence electrons. The maximum Gasteiger partial charge on any atom is 0.0791 e. The van der Waals surface area contributed by atoms with Gasteiger partial charge in [0.2, 0.25) is 0 Å². The number of benzene rings is 1. The maximum atomic E-state index is 10.2. The first-order valence-corrected chi connectivity index (χ1v) is 7.85. The van der Waals surface area contributed by atoms with E-state index in [1.54, 1.807) is 0 Å². The van der Waals surface area contributed by atoms with Gasteiger partial charge in [-0.2, -0.15) is 0 Å². The first kappa shape index (κ1) is 16.4. The van der Waals surface area contributed by atoms with Crippen molar-refractivity contribution in [2.45, 2.75) is 32.9 Å². The average molecular weight is 292 g/mol. The number of β-amino-alcohol motifs (C(OH)–C–C–N with tert-alkyl or cyclic N) is 1. The van der Waals surface area contributed by atoms with Crippen molar-refractivity contribution in [1.82, 2.24) is 10.2 Å². The van der Waals surface area contributed by atoms with Crippen LogP contribution >= 0.6 is 0 Å². The molecule has 0 saturated carbocycles. The third kappa shape index (κ3) is 4.78. The van der Waals surface area contributed by atoms with Crippen molar-refractivity contribution in [2.75, 3.05) is 39.4 Å². The highest BCUT2D eigenvalue weighted by molar-refractivity contribution is 5.34. The number of rotatable bonds is 6. The second-order valence-electron chi connectivity index (χ2n) is 5.99. The first-order valence-electron chi connectivity index (χ1n) is 7.85. The van der Waals surface area contributed by atoms with Gasteiger partial charge < -0.3 is 15.2 Å². The Morgan fingerprint density at radius 1 is 1.29 bits per heavy atom. The van der Waals surface area contributed by atoms with Crippen LogP contribution in [0.1, 0.15) is 29.7 Å². The van der Waals surface area contributed by atoms with Crippen LogP contribution in [0.15, 0.2) is 18.2 Å². The zero-order valence-corrected chi connectivity index (χ0v) is 13.4. The van der Waals surface area contributed by atoms with Gasteiger partial charge in [-0.05, 0) is 37.5 Å². The predicted molar refractivity (Wildman–Crippen MR) is 85.6 cm³/mol. The number of aryl methyl sites for hydroxylation is 1. The highest BCUT2D eigenvalue weighted by Crippen LogP contribution is 2.19. The SMILES string of the molecule is Cc1cccc(C(C)NCC(O)CN2CCOCC2)c1C. The number of morpholine rings is 1. The predicted octanol–water partition coefficient (Wildman–Crippen LogP) is 1.65. The number of hydrogen-bond acceptors (Lipinski definition) is 4. The number of ether oxygens (including phenoxy) is 1. The van der Waals surface area contributed by atoms with E-state index in [9.17, 15) is 5.11 Å². The topological polar surface area (TPSA) is 44.7 Å². The molecule has 0 aliphatic carbocycles. The molecule has 21 heavy (non-hydrogen) atoms. The van der Waals surface area contributed by atoms with Gasteiger partial charge in [0.25, 0.3) is 0 Å². The second kappa shape index (κ2) is 7.90. The Morgan fingerprint density at radius 3 is 2.71 bits per heavy atom. The molecule has 2 unspecified atom stereocenters. The molecular formula is C17H28N2O2. The third-order valence-corrected chi connectivity index (χ3v) is 4.35. The summed E-state index contributed by atoms with van der Waals surface area (Å²) in [6, 6.07) is 6.65. The Kier molecular flexibility index (Phi) is 6.18. The minimum Gasteiger partial charge on any atom is -0.390 e. The van der Waals surface area contributed by atoms with Crippen molar-refractivity contribution in [1.29, 1.82) is 0 Å². The molecule has 0 bridgehead atoms. The monoisotopic (exact) mass is 292 g/mol. The molecule has 1 saturated heterocycles. The van der Waals surface area contributed by atoms with Gasteiger partial charge in [0.05, 0.1) is 19.3 Å². The third-order valence-electron chi connectivity index (χ3n) is 4.35. The molecule has 1 aromatic carbocycles. The molecule has 0 aromatic heterocycles. The molecule has 1 aliphatic heterocycles. The lowest BCUT2D eigenvalue weighted by Crippen LogP contribution is -2.44. The lowest BCUT2D eigenvalue weighted by Gasteiger charge is -2.29. The normalized spacial score (nSPS) is 19.4. The van der Waals surface area contributed by atoms with E-state index in [1.165, 1.54) is 16.7 Å². The minimum absolute atomic E-state index is 0.254. The number of nitrogens with one attached hydrogen (secondary N) is 1. The van der Waals surface area contributed by atoms with Crippen LogP contribution < -0.4 is 5.32 Å². The fourth-order valence-corrected chi connectivity index (χ4v) is 2.81. The van der Waals surface area contributed by atoms with Crippen LogP contribution in [0, 0.1) is 13.8 Å². The summed E-state index contributed by atoms with van der Waals surface area (Å²) in [5, 5.41) is 13.6. The number of hydrogen-bond donors (Lipinski definition) is 2. The molecule has 2 atom stereocenters. The second-order valence-corrected chi connectivity index (χ2v) is 5.99. The minimum atomic E-state index is -0.337. The molecule has 1 aromatic rings. The Morgan fingerprint density at radius 2 is 2.00 bits per heavy atom. The van der Waals surface area contributed by atoms with E-state index < -0.39 is 0 Å². The highest BCUT2D eigenvalue weighted by atomic mass is 16.5. The van der Waals surface area contributed by atoms with Gasteiger partial charge in [0, 0.05) is 32.2 Å². The quantitative estimate of drug-likeness (QED) is 0.837. The molecule has 0 radical (unpaired) electrons. The summed E-state index contributed by atoms with van der Waals surface area (Å²) in [6.07, 6.45) is -0.337. The van der Waals surface area contributed by atoms with E-state index in [2.05, 4.69) is 49.2 Å². The van der Waals surface area contributed by atoms with Crippen molar-refractivity contribution in [3.8, 4) is 0 Å². The van der Waals surface area contributed by atoms with Crippen LogP contribution in [0.3, 0.4) is 0 Å². The summed E-state index contributed by atoms with van der Waals surface area (Å²) in [4.78, 5) is 2.26. The molecule has 4 heteroatoms. The van der Waals surface area contributed by atoms with Crippen molar-refractivity contribution < 1.29 is 9.84 Å². The Balaban J connectivity index is 1.80. The summed E-state index contributed by atoms with van der Waals surface area (Å²) in [5.74, 6) is 0. The molecule has 2 N–H and O–H groups in total. The van der Waals surface area contributed by atoms with Crippen LogP contribution in [0.5, 0.6) is 0 Å². The Hall–Kier alpha value is -0.940. The van der Waals surface area contributed by atoms with Crippen LogP contribution in [0.4, 0.5) is 0 Å². The zero-order valence-electron chi connectivity index (χ0n) is 13.4. The molecule has 1 heterocycles. The van der Waals surface area contributed by atoms with Crippen molar-refractivity contribution in [2.24, 2.45) is 0 Å². The number of nitrogens with zero attached hydrogens (tertiary/aromatic N) is 1. The highest BCUT2D eigenvalue weighted by Gasteiger charge is 2.16. The van der Waals surface area contributed by atoms with Crippen molar-refractivity contribution in [3.05, 3.63) is 34.9 Å². The fraction of sp³-hybridized carbons (Fsp3) is 0.647. The summed E-state index contributed by atoms with van der Waals surface area (Å²) in [5.41, 5.74) is 3.96. The van der Waals surface area contributed by atoms with Gasteiger partial charge in [0.15, 0.2) is 0 Å².